The number of methoxy groups -OCH3 is 1. The fourth-order valence-electron chi connectivity index (χ4n) is 4.52. The van der Waals surface area contributed by atoms with Crippen LogP contribution in [-0.4, -0.2) is 140 Å². The molecule has 0 saturated carbocycles. The van der Waals surface area contributed by atoms with Gasteiger partial charge in [-0.1, -0.05) is 12.0 Å². The highest BCUT2D eigenvalue weighted by molar-refractivity contribution is 5.86. The quantitative estimate of drug-likeness (QED) is 0.0409. The molecule has 1 fully saturated rings. The first-order chi connectivity index (χ1) is 24.2. The summed E-state index contributed by atoms with van der Waals surface area (Å²) in [6, 6.07) is -0.567. The highest BCUT2D eigenvalue weighted by Crippen LogP contribution is 2.26. The Morgan fingerprint density at radius 1 is 1.12 bits per heavy atom. The fourth-order valence-corrected chi connectivity index (χ4v) is 4.52. The highest BCUT2D eigenvalue weighted by atomic mass is 16.8. The van der Waals surface area contributed by atoms with E-state index in [9.17, 15) is 14.4 Å². The van der Waals surface area contributed by atoms with Crippen LogP contribution in [0.2, 0.25) is 0 Å². The lowest BCUT2D eigenvalue weighted by atomic mass is 9.96. The van der Waals surface area contributed by atoms with Gasteiger partial charge in [0.1, 0.15) is 25.4 Å². The molecule has 0 unspecified atom stereocenters. The van der Waals surface area contributed by atoms with Crippen LogP contribution in [0.5, 0.6) is 0 Å². The number of esters is 1. The van der Waals surface area contributed by atoms with E-state index in [1.807, 2.05) is 0 Å². The number of nitrogens with zero attached hydrogens (tertiary/aromatic N) is 2. The van der Waals surface area contributed by atoms with E-state index in [1.54, 1.807) is 13.0 Å². The number of cyclic esters (lactones) is 2. The Labute approximate surface area is 292 Å². The van der Waals surface area contributed by atoms with Crippen LogP contribution in [0.25, 0.3) is 0 Å². The first-order valence-electron chi connectivity index (χ1n) is 16.1. The van der Waals surface area contributed by atoms with E-state index in [2.05, 4.69) is 16.4 Å². The zero-order chi connectivity index (χ0) is 36.6. The molecule has 2 heterocycles. The van der Waals surface area contributed by atoms with Crippen LogP contribution in [-0.2, 0) is 52.2 Å². The topological polar surface area (TPSA) is 238 Å². The van der Waals surface area contributed by atoms with Crippen LogP contribution in [0.1, 0.15) is 19.8 Å². The molecule has 280 valence electrons. The second kappa shape index (κ2) is 24.8. The molecule has 2 rings (SSSR count). The SMILES string of the molecule is C#CCOCCOCCOCCOCCC(=O)N(C/C(N)=C/C)C/C(=C/NCCO[C@@H]([C@@H]1OC(C(=O)OC)=CC[C@H]1N)[C@H]1COC(=O)O1)N=N. The highest BCUT2D eigenvalue weighted by Gasteiger charge is 2.44. The molecule has 18 nitrogen and oxygen atoms in total. The number of hydrogen-bond acceptors (Lipinski definition) is 17. The summed E-state index contributed by atoms with van der Waals surface area (Å²) in [5.74, 6) is 1.45. The Balaban J connectivity index is 1.82. The van der Waals surface area contributed by atoms with Gasteiger partial charge in [-0.15, -0.1) is 6.42 Å². The van der Waals surface area contributed by atoms with Crippen LogP contribution < -0.4 is 16.8 Å². The monoisotopic (exact) mass is 710 g/mol. The minimum Gasteiger partial charge on any atom is -0.479 e. The third-order valence-electron chi connectivity index (χ3n) is 7.13. The fraction of sp³-hybridized carbons (Fsp3) is 0.656. The number of allylic oxidation sites excluding steroid dienone is 1. The van der Waals surface area contributed by atoms with Gasteiger partial charge in [0, 0.05) is 24.5 Å². The summed E-state index contributed by atoms with van der Waals surface area (Å²) in [4.78, 5) is 38.2. The molecule has 0 bridgehead atoms. The van der Waals surface area contributed by atoms with E-state index in [1.165, 1.54) is 24.3 Å². The third-order valence-corrected chi connectivity index (χ3v) is 7.13. The van der Waals surface area contributed by atoms with E-state index in [0.717, 1.165) is 0 Å². The number of nitrogens with two attached hydrogens (primary N) is 2. The summed E-state index contributed by atoms with van der Waals surface area (Å²) in [5, 5.41) is 6.56. The first kappa shape index (κ1) is 41.9. The molecule has 2 aliphatic rings. The molecular weight excluding hydrogens is 660 g/mol. The van der Waals surface area contributed by atoms with Crippen molar-refractivity contribution in [3.8, 4) is 12.3 Å². The number of hydrogen-bond donors (Lipinski definition) is 4. The Kier molecular flexibility index (Phi) is 20.8. The number of carbonyl (C=O) groups excluding carboxylic acids is 3. The Bertz CT molecular complexity index is 1210. The van der Waals surface area contributed by atoms with Crippen molar-refractivity contribution in [1.29, 1.82) is 5.53 Å². The van der Waals surface area contributed by atoms with E-state index < -0.39 is 36.5 Å². The van der Waals surface area contributed by atoms with Gasteiger partial charge in [-0.3, -0.25) is 4.79 Å². The lowest BCUT2D eigenvalue weighted by Gasteiger charge is -2.36. The summed E-state index contributed by atoms with van der Waals surface area (Å²) >= 11 is 0. The number of terminal acetylenes is 1. The van der Waals surface area contributed by atoms with Gasteiger partial charge in [0.25, 0.3) is 0 Å². The summed E-state index contributed by atoms with van der Waals surface area (Å²) in [6.45, 7) is 4.83. The second-order valence-electron chi connectivity index (χ2n) is 10.8. The third kappa shape index (κ3) is 16.0. The molecule has 0 spiro atoms. The molecule has 1 saturated heterocycles. The van der Waals surface area contributed by atoms with Crippen molar-refractivity contribution in [3.63, 3.8) is 0 Å². The molecule has 4 atom stereocenters. The predicted octanol–water partition coefficient (Wildman–Crippen LogP) is 0.323. The maximum atomic E-state index is 13.0. The average molecular weight is 711 g/mol. The van der Waals surface area contributed by atoms with Crippen LogP contribution in [0.15, 0.2) is 40.6 Å². The molecule has 0 aromatic rings. The average Bonchev–Trinajstić information content (AvgIpc) is 3.56. The van der Waals surface area contributed by atoms with Gasteiger partial charge >= 0.3 is 12.1 Å². The Morgan fingerprint density at radius 3 is 2.40 bits per heavy atom. The van der Waals surface area contributed by atoms with Gasteiger partial charge in [-0.05, 0) is 19.4 Å². The van der Waals surface area contributed by atoms with Gasteiger partial charge in [0.05, 0.1) is 85.2 Å². The van der Waals surface area contributed by atoms with Crippen molar-refractivity contribution in [2.45, 2.75) is 44.1 Å². The second-order valence-corrected chi connectivity index (χ2v) is 10.8. The Hall–Kier alpha value is -4.25. The number of ether oxygens (including phenoxy) is 9. The van der Waals surface area contributed by atoms with E-state index in [-0.39, 0.29) is 69.8 Å². The molecule has 1 amide bonds. The van der Waals surface area contributed by atoms with Crippen LogP contribution in [0.3, 0.4) is 0 Å². The summed E-state index contributed by atoms with van der Waals surface area (Å²) in [5.41, 5.74) is 20.6. The lowest BCUT2D eigenvalue weighted by Crippen LogP contribution is -2.53. The van der Waals surface area contributed by atoms with E-state index >= 15 is 0 Å². The molecule has 18 heteroatoms. The van der Waals surface area contributed by atoms with Crippen molar-refractivity contribution in [1.82, 2.24) is 10.2 Å². The van der Waals surface area contributed by atoms with Gasteiger partial charge in [0.2, 0.25) is 11.7 Å². The van der Waals surface area contributed by atoms with Crippen molar-refractivity contribution in [2.75, 3.05) is 92.8 Å². The molecule has 0 aromatic carbocycles. The molecular formula is C32H50N6O12. The van der Waals surface area contributed by atoms with Crippen molar-refractivity contribution < 1.29 is 57.0 Å². The van der Waals surface area contributed by atoms with Crippen molar-refractivity contribution in [3.05, 3.63) is 35.5 Å². The molecule has 0 aromatic heterocycles. The molecule has 2 aliphatic heterocycles. The number of nitrogens with one attached hydrogen (secondary N) is 2. The summed E-state index contributed by atoms with van der Waals surface area (Å²) in [6.07, 6.45) is 6.80. The van der Waals surface area contributed by atoms with Crippen molar-refractivity contribution in [2.24, 2.45) is 16.6 Å². The maximum Gasteiger partial charge on any atom is 0.508 e. The minimum atomic E-state index is -0.869. The van der Waals surface area contributed by atoms with E-state index in [0.29, 0.717) is 51.8 Å². The number of amides is 1. The molecule has 50 heavy (non-hydrogen) atoms. The van der Waals surface area contributed by atoms with Gasteiger partial charge in [-0.25, -0.2) is 15.1 Å². The molecule has 0 aliphatic carbocycles. The number of carbonyl (C=O) groups is 3. The van der Waals surface area contributed by atoms with E-state index in [4.69, 9.17) is 66.1 Å². The largest absolute Gasteiger partial charge is 0.508 e. The standard InChI is InChI=1S/C32H50N6O12/c1-4-10-43-13-15-45-17-18-46-16-14-44-11-8-28(39)38(20-23(33)5-2)21-24(37-35)19-36-9-12-47-30(27-22-48-32(41)50-27)29-25(34)6-7-26(49-29)31(40)42-3/h1,5,7,19,25,27,29-30,35-36H,6,8-18,20-22,33-34H2,2-3H3/b23-5-,24-19-,37-35?/t25-,27-,29-,30-/m1/s1. The number of rotatable bonds is 26. The minimum absolute atomic E-state index is 0.00696. The van der Waals surface area contributed by atoms with Crippen LogP contribution in [0, 0.1) is 17.9 Å². The predicted molar refractivity (Wildman–Crippen MR) is 176 cm³/mol. The lowest BCUT2D eigenvalue weighted by molar-refractivity contribution is -0.148. The van der Waals surface area contributed by atoms with Gasteiger partial charge < -0.3 is 64.3 Å². The Morgan fingerprint density at radius 2 is 1.80 bits per heavy atom. The van der Waals surface area contributed by atoms with Crippen LogP contribution in [0.4, 0.5) is 4.79 Å². The first-order valence-corrected chi connectivity index (χ1v) is 16.1. The summed E-state index contributed by atoms with van der Waals surface area (Å²) < 4.78 is 48.2. The normalized spacial score (nSPS) is 19.7. The zero-order valence-corrected chi connectivity index (χ0v) is 28.7. The summed E-state index contributed by atoms with van der Waals surface area (Å²) in [7, 11) is 1.23. The van der Waals surface area contributed by atoms with Gasteiger partial charge in [0.15, 0.2) is 6.10 Å². The van der Waals surface area contributed by atoms with Crippen LogP contribution >= 0.6 is 0 Å². The molecule has 0 radical (unpaired) electrons. The smallest absolute Gasteiger partial charge is 0.479 e. The molecule has 6 N–H and O–H groups in total. The maximum absolute atomic E-state index is 13.0. The van der Waals surface area contributed by atoms with Crippen molar-refractivity contribution >= 4 is 18.0 Å². The van der Waals surface area contributed by atoms with Gasteiger partial charge in [-0.2, -0.15) is 5.11 Å². The zero-order valence-electron chi connectivity index (χ0n) is 28.7.